The summed E-state index contributed by atoms with van der Waals surface area (Å²) in [6.45, 7) is 6.67. The molecule has 1 aromatic rings. The van der Waals surface area contributed by atoms with Crippen LogP contribution in [0.5, 0.6) is 5.75 Å². The Bertz CT molecular complexity index is 551. The Labute approximate surface area is 137 Å². The summed E-state index contributed by atoms with van der Waals surface area (Å²) in [5.41, 5.74) is 0.203. The van der Waals surface area contributed by atoms with Crippen LogP contribution in [0.4, 0.5) is 4.79 Å². The second kappa shape index (κ2) is 7.02. The first kappa shape index (κ1) is 17.3. The van der Waals surface area contributed by atoms with Gasteiger partial charge >= 0.3 is 6.09 Å². The van der Waals surface area contributed by atoms with Gasteiger partial charge in [-0.2, -0.15) is 0 Å². The number of hydrogen-bond donors (Lipinski definition) is 0. The monoisotopic (exact) mass is 319 g/mol. The van der Waals surface area contributed by atoms with Crippen molar-refractivity contribution in [1.29, 1.82) is 0 Å². The van der Waals surface area contributed by atoms with E-state index in [0.717, 1.165) is 5.75 Å². The molecule has 5 heteroatoms. The third-order valence-electron chi connectivity index (χ3n) is 3.89. The normalized spacial score (nSPS) is 16.1. The van der Waals surface area contributed by atoms with Gasteiger partial charge in [0, 0.05) is 24.6 Å². The number of likely N-dealkylation sites (tertiary alicyclic amines) is 1. The van der Waals surface area contributed by atoms with Crippen molar-refractivity contribution in [2.75, 3.05) is 20.2 Å². The van der Waals surface area contributed by atoms with Crippen LogP contribution in [0.2, 0.25) is 0 Å². The van der Waals surface area contributed by atoms with Gasteiger partial charge < -0.3 is 14.4 Å². The fraction of sp³-hybridized carbons (Fsp3) is 0.556. The summed E-state index contributed by atoms with van der Waals surface area (Å²) in [7, 11) is 1.60. The Kier molecular flexibility index (Phi) is 5.29. The molecular formula is C18H25NO4. The second-order valence-electron chi connectivity index (χ2n) is 6.83. The van der Waals surface area contributed by atoms with Crippen molar-refractivity contribution >= 4 is 11.9 Å². The summed E-state index contributed by atoms with van der Waals surface area (Å²) in [6, 6.07) is 7.18. The van der Waals surface area contributed by atoms with Gasteiger partial charge in [0.05, 0.1) is 7.11 Å². The summed E-state index contributed by atoms with van der Waals surface area (Å²) >= 11 is 0. The van der Waals surface area contributed by atoms with Crippen LogP contribution in [-0.2, 0) is 4.74 Å². The lowest BCUT2D eigenvalue weighted by molar-refractivity contribution is 0.0182. The lowest BCUT2D eigenvalue weighted by Gasteiger charge is -2.33. The Hall–Kier alpha value is -2.04. The highest BCUT2D eigenvalue weighted by Crippen LogP contribution is 2.24. The van der Waals surface area contributed by atoms with E-state index in [1.165, 1.54) is 0 Å². The minimum Gasteiger partial charge on any atom is -0.497 e. The Morgan fingerprint density at radius 3 is 2.13 bits per heavy atom. The van der Waals surface area contributed by atoms with Gasteiger partial charge in [0.1, 0.15) is 11.4 Å². The fourth-order valence-corrected chi connectivity index (χ4v) is 2.64. The Morgan fingerprint density at radius 2 is 1.65 bits per heavy atom. The summed E-state index contributed by atoms with van der Waals surface area (Å²) in [6.07, 6.45) is 1.04. The number of hydrogen-bond acceptors (Lipinski definition) is 4. The third kappa shape index (κ3) is 4.71. The fourth-order valence-electron chi connectivity index (χ4n) is 2.64. The average Bonchev–Trinajstić information content (AvgIpc) is 2.53. The number of amides is 1. The van der Waals surface area contributed by atoms with E-state index in [0.29, 0.717) is 31.5 Å². The molecule has 126 valence electrons. The first-order valence-electron chi connectivity index (χ1n) is 7.96. The number of rotatable bonds is 3. The molecule has 1 saturated heterocycles. The topological polar surface area (TPSA) is 55.8 Å². The maximum atomic E-state index is 12.5. The van der Waals surface area contributed by atoms with Gasteiger partial charge in [-0.3, -0.25) is 4.79 Å². The number of piperidine rings is 1. The van der Waals surface area contributed by atoms with Gasteiger partial charge in [-0.25, -0.2) is 4.79 Å². The number of ether oxygens (including phenoxy) is 2. The molecule has 23 heavy (non-hydrogen) atoms. The number of Topliss-reactive ketones (excluding diaryl/α,β-unsaturated/α-hetero) is 1. The third-order valence-corrected chi connectivity index (χ3v) is 3.89. The molecule has 0 atom stereocenters. The van der Waals surface area contributed by atoms with Gasteiger partial charge in [-0.15, -0.1) is 0 Å². The molecule has 1 aliphatic rings. The zero-order valence-corrected chi connectivity index (χ0v) is 14.3. The lowest BCUT2D eigenvalue weighted by atomic mass is 9.89. The quantitative estimate of drug-likeness (QED) is 0.800. The maximum Gasteiger partial charge on any atom is 0.410 e. The van der Waals surface area contributed by atoms with Crippen LogP contribution in [-0.4, -0.2) is 42.6 Å². The van der Waals surface area contributed by atoms with E-state index in [4.69, 9.17) is 9.47 Å². The van der Waals surface area contributed by atoms with E-state index < -0.39 is 5.60 Å². The minimum absolute atomic E-state index is 0.0397. The largest absolute Gasteiger partial charge is 0.497 e. The van der Waals surface area contributed by atoms with Crippen molar-refractivity contribution in [3.05, 3.63) is 29.8 Å². The highest BCUT2D eigenvalue weighted by atomic mass is 16.6. The SMILES string of the molecule is COc1ccc(C(=O)C2CCN(C(=O)OC(C)(C)C)CC2)cc1. The number of carbonyl (C=O) groups excluding carboxylic acids is 2. The van der Waals surface area contributed by atoms with E-state index in [9.17, 15) is 9.59 Å². The summed E-state index contributed by atoms with van der Waals surface area (Å²) < 4.78 is 10.5. The zero-order valence-electron chi connectivity index (χ0n) is 14.3. The summed E-state index contributed by atoms with van der Waals surface area (Å²) in [4.78, 5) is 26.2. The molecule has 0 radical (unpaired) electrons. The van der Waals surface area contributed by atoms with Gasteiger partial charge in [-0.05, 0) is 57.9 Å². The maximum absolute atomic E-state index is 12.5. The van der Waals surface area contributed by atoms with Crippen molar-refractivity contribution in [2.45, 2.75) is 39.2 Å². The van der Waals surface area contributed by atoms with E-state index >= 15 is 0 Å². The van der Waals surface area contributed by atoms with Crippen LogP contribution in [0.15, 0.2) is 24.3 Å². The van der Waals surface area contributed by atoms with Crippen molar-refractivity contribution in [1.82, 2.24) is 4.90 Å². The molecule has 0 N–H and O–H groups in total. The molecule has 5 nitrogen and oxygen atoms in total. The van der Waals surface area contributed by atoms with Crippen molar-refractivity contribution in [3.63, 3.8) is 0 Å². The van der Waals surface area contributed by atoms with Gasteiger partial charge in [0.2, 0.25) is 0 Å². The van der Waals surface area contributed by atoms with Crippen LogP contribution >= 0.6 is 0 Å². The molecule has 0 bridgehead atoms. The molecule has 1 fully saturated rings. The van der Waals surface area contributed by atoms with Gasteiger partial charge in [0.25, 0.3) is 0 Å². The molecule has 0 unspecified atom stereocenters. The van der Waals surface area contributed by atoms with Crippen LogP contribution in [0.3, 0.4) is 0 Å². The number of benzene rings is 1. The van der Waals surface area contributed by atoms with E-state index in [1.54, 1.807) is 36.3 Å². The lowest BCUT2D eigenvalue weighted by Crippen LogP contribution is -2.43. The predicted octanol–water partition coefficient (Wildman–Crippen LogP) is 3.53. The average molecular weight is 319 g/mol. The van der Waals surface area contributed by atoms with E-state index in [-0.39, 0.29) is 17.8 Å². The standard InChI is InChI=1S/C18H25NO4/c1-18(2,3)23-17(21)19-11-9-14(10-12-19)16(20)13-5-7-15(22-4)8-6-13/h5-8,14H,9-12H2,1-4H3. The summed E-state index contributed by atoms with van der Waals surface area (Å²) in [5, 5.41) is 0. The number of nitrogens with zero attached hydrogens (tertiary/aromatic N) is 1. The van der Waals surface area contributed by atoms with Crippen LogP contribution in [0.25, 0.3) is 0 Å². The van der Waals surface area contributed by atoms with E-state index in [2.05, 4.69) is 0 Å². The predicted molar refractivity (Wildman–Crippen MR) is 87.9 cm³/mol. The zero-order chi connectivity index (χ0) is 17.0. The van der Waals surface area contributed by atoms with Crippen LogP contribution < -0.4 is 4.74 Å². The molecule has 2 rings (SSSR count). The molecular weight excluding hydrogens is 294 g/mol. The van der Waals surface area contributed by atoms with Crippen molar-refractivity contribution in [3.8, 4) is 5.75 Å². The first-order valence-corrected chi connectivity index (χ1v) is 7.96. The molecule has 1 aliphatic heterocycles. The number of methoxy groups -OCH3 is 1. The molecule has 1 heterocycles. The Balaban J connectivity index is 1.90. The Morgan fingerprint density at radius 1 is 1.09 bits per heavy atom. The highest BCUT2D eigenvalue weighted by molar-refractivity contribution is 5.98. The van der Waals surface area contributed by atoms with Crippen molar-refractivity contribution in [2.24, 2.45) is 5.92 Å². The molecule has 0 spiro atoms. The number of carbonyl (C=O) groups is 2. The smallest absolute Gasteiger partial charge is 0.410 e. The number of ketones is 1. The highest BCUT2D eigenvalue weighted by Gasteiger charge is 2.30. The molecule has 1 amide bonds. The molecule has 0 aromatic heterocycles. The van der Waals surface area contributed by atoms with E-state index in [1.807, 2.05) is 20.8 Å². The molecule has 0 aliphatic carbocycles. The van der Waals surface area contributed by atoms with Gasteiger partial charge in [-0.1, -0.05) is 0 Å². The summed E-state index contributed by atoms with van der Waals surface area (Å²) in [5.74, 6) is 0.833. The second-order valence-corrected chi connectivity index (χ2v) is 6.83. The first-order chi connectivity index (χ1) is 10.8. The van der Waals surface area contributed by atoms with Gasteiger partial charge in [0.15, 0.2) is 5.78 Å². The molecule has 0 saturated carbocycles. The van der Waals surface area contributed by atoms with Crippen LogP contribution in [0.1, 0.15) is 44.0 Å². The van der Waals surface area contributed by atoms with Crippen molar-refractivity contribution < 1.29 is 19.1 Å². The minimum atomic E-state index is -0.493. The van der Waals surface area contributed by atoms with Crippen LogP contribution in [0, 0.1) is 5.92 Å². The molecule has 1 aromatic carbocycles.